The first-order valence-corrected chi connectivity index (χ1v) is 15.5. The van der Waals surface area contributed by atoms with E-state index in [4.69, 9.17) is 33.2 Å². The summed E-state index contributed by atoms with van der Waals surface area (Å²) < 4.78 is 39.8. The van der Waals surface area contributed by atoms with Gasteiger partial charge in [0.05, 0.1) is 66.1 Å². The molecule has 5 rings (SSSR count). The predicted octanol–water partition coefficient (Wildman–Crippen LogP) is 6.66. The molecule has 0 amide bonds. The van der Waals surface area contributed by atoms with Crippen LogP contribution in [0.1, 0.15) is 0 Å². The number of thiophene rings is 2. The van der Waals surface area contributed by atoms with Crippen molar-refractivity contribution in [3.8, 4) is 42.1 Å². The van der Waals surface area contributed by atoms with Crippen LogP contribution in [0.15, 0.2) is 72.8 Å². The van der Waals surface area contributed by atoms with Crippen molar-refractivity contribution in [3.63, 3.8) is 0 Å². The van der Waals surface area contributed by atoms with Gasteiger partial charge in [-0.15, -0.1) is 22.7 Å². The molecule has 2 aromatic carbocycles. The molecule has 0 atom stereocenters. The highest BCUT2D eigenvalue weighted by Crippen LogP contribution is 2.41. The van der Waals surface area contributed by atoms with Crippen LogP contribution >= 0.6 is 22.7 Å². The van der Waals surface area contributed by atoms with Gasteiger partial charge in [-0.2, -0.15) is 0 Å². The molecule has 3 heterocycles. The molecule has 2 aromatic heterocycles. The molecule has 41 heavy (non-hydrogen) atoms. The van der Waals surface area contributed by atoms with E-state index in [1.807, 2.05) is 24.3 Å². The molecular weight excluding hydrogens is 560 g/mol. The minimum Gasteiger partial charge on any atom is -0.491 e. The number of benzene rings is 2. The maximum Gasteiger partial charge on any atom is 0.120 e. The zero-order valence-corrected chi connectivity index (χ0v) is 24.7. The van der Waals surface area contributed by atoms with E-state index in [0.717, 1.165) is 22.6 Å². The maximum atomic E-state index is 5.93. The summed E-state index contributed by atoms with van der Waals surface area (Å²) in [5, 5.41) is 0. The topological polar surface area (TPSA) is 64.6 Å². The van der Waals surface area contributed by atoms with E-state index >= 15 is 0 Å². The molecule has 9 heteroatoms. The fraction of sp³-hybridized carbons (Fsp3) is 0.375. The maximum absolute atomic E-state index is 5.93. The first-order valence-electron chi connectivity index (χ1n) is 13.9. The number of rotatable bonds is 0. The van der Waals surface area contributed by atoms with Crippen molar-refractivity contribution in [2.24, 2.45) is 0 Å². The highest BCUT2D eigenvalue weighted by molar-refractivity contribution is 7.25. The lowest BCUT2D eigenvalue weighted by Gasteiger charge is -2.09. The smallest absolute Gasteiger partial charge is 0.120 e. The second-order valence-corrected chi connectivity index (χ2v) is 11.3. The molecule has 1 aliphatic heterocycles. The lowest BCUT2D eigenvalue weighted by molar-refractivity contribution is -0.0141. The molecular formula is C32H36O7S2. The van der Waals surface area contributed by atoms with Crippen LogP contribution in [-0.2, 0) is 23.7 Å². The first kappa shape index (κ1) is 29.7. The van der Waals surface area contributed by atoms with E-state index in [1.54, 1.807) is 22.7 Å². The fourth-order valence-electron chi connectivity index (χ4n) is 4.15. The van der Waals surface area contributed by atoms with Crippen LogP contribution in [-0.4, -0.2) is 79.3 Å². The Morgan fingerprint density at radius 3 is 1.10 bits per heavy atom. The Hall–Kier alpha value is -2.76. The van der Waals surface area contributed by atoms with Crippen LogP contribution in [0.4, 0.5) is 0 Å². The van der Waals surface area contributed by atoms with E-state index in [-0.39, 0.29) is 0 Å². The van der Waals surface area contributed by atoms with Crippen LogP contribution in [0, 0.1) is 0 Å². The summed E-state index contributed by atoms with van der Waals surface area (Å²) in [5.74, 6) is 1.67. The molecule has 0 aliphatic carbocycles. The zero-order chi connectivity index (χ0) is 28.0. The largest absolute Gasteiger partial charge is 0.491 e. The molecule has 1 aliphatic rings. The molecule has 0 fully saturated rings. The van der Waals surface area contributed by atoms with Gasteiger partial charge < -0.3 is 33.2 Å². The summed E-state index contributed by atoms with van der Waals surface area (Å²) in [5.41, 5.74) is 2.28. The van der Waals surface area contributed by atoms with Gasteiger partial charge in [-0.1, -0.05) is 24.3 Å². The Kier molecular flexibility index (Phi) is 12.1. The van der Waals surface area contributed by atoms with E-state index in [9.17, 15) is 0 Å². The number of hydrogen-bond acceptors (Lipinski definition) is 9. The first-order chi connectivity index (χ1) is 20.3. The predicted molar refractivity (Wildman–Crippen MR) is 164 cm³/mol. The Labute approximate surface area is 249 Å². The molecule has 0 saturated carbocycles. The summed E-state index contributed by atoms with van der Waals surface area (Å²) >= 11 is 3.57. The second kappa shape index (κ2) is 16.6. The van der Waals surface area contributed by atoms with E-state index in [0.29, 0.717) is 79.3 Å². The highest BCUT2D eigenvalue weighted by atomic mass is 32.1. The molecule has 0 unspecified atom stereocenters. The summed E-state index contributed by atoms with van der Waals surface area (Å²) in [4.78, 5) is 4.90. The number of fused-ring (bicyclic) bond motifs is 11. The van der Waals surface area contributed by atoms with E-state index in [1.165, 1.54) is 19.5 Å². The Bertz CT molecular complexity index is 1220. The van der Waals surface area contributed by atoms with Gasteiger partial charge in [0.25, 0.3) is 0 Å². The molecule has 0 spiro atoms. The number of hydrogen-bond donors (Lipinski definition) is 0. The van der Waals surface area contributed by atoms with Gasteiger partial charge in [0.15, 0.2) is 0 Å². The molecule has 4 aromatic rings. The number of ether oxygens (including phenoxy) is 7. The van der Waals surface area contributed by atoms with E-state index < -0.39 is 0 Å². The molecule has 0 radical (unpaired) electrons. The summed E-state index contributed by atoms with van der Waals surface area (Å²) in [7, 11) is 0. The van der Waals surface area contributed by atoms with Crippen LogP contribution in [0.3, 0.4) is 0 Å². The second-order valence-electron chi connectivity index (χ2n) is 9.14. The monoisotopic (exact) mass is 596 g/mol. The van der Waals surface area contributed by atoms with Gasteiger partial charge in [-0.05, 0) is 59.7 Å². The van der Waals surface area contributed by atoms with Crippen molar-refractivity contribution in [3.05, 3.63) is 72.8 Å². The van der Waals surface area contributed by atoms with Crippen molar-refractivity contribution in [2.45, 2.75) is 0 Å². The van der Waals surface area contributed by atoms with Gasteiger partial charge in [0.1, 0.15) is 24.7 Å². The zero-order valence-electron chi connectivity index (χ0n) is 23.1. The van der Waals surface area contributed by atoms with Crippen LogP contribution in [0.2, 0.25) is 0 Å². The normalized spacial score (nSPS) is 17.0. The Balaban J connectivity index is 1.22. The highest BCUT2D eigenvalue weighted by Gasteiger charge is 2.10. The molecule has 218 valence electrons. The minimum absolute atomic E-state index is 0.484. The van der Waals surface area contributed by atoms with Crippen molar-refractivity contribution >= 4 is 22.7 Å². The summed E-state index contributed by atoms with van der Waals surface area (Å²) in [6, 6.07) is 25.2. The van der Waals surface area contributed by atoms with Crippen molar-refractivity contribution in [2.75, 3.05) is 79.3 Å². The van der Waals surface area contributed by atoms with Gasteiger partial charge in [-0.3, -0.25) is 0 Å². The lowest BCUT2D eigenvalue weighted by atomic mass is 10.2. The summed E-state index contributed by atoms with van der Waals surface area (Å²) in [6.07, 6.45) is 0. The molecule has 8 bridgehead atoms. The third-order valence-corrected chi connectivity index (χ3v) is 8.64. The SMILES string of the molecule is c1cc2cc(c1)-c1ccc(s1)-c1ccc(s1)-c1cccc(c1)OCCOCCOCCOCCOCCOCCO2. The quantitative estimate of drug-likeness (QED) is 0.225. The molecule has 7 nitrogen and oxygen atoms in total. The van der Waals surface area contributed by atoms with E-state index in [2.05, 4.69) is 48.5 Å². The van der Waals surface area contributed by atoms with Crippen molar-refractivity contribution in [1.29, 1.82) is 0 Å². The van der Waals surface area contributed by atoms with Gasteiger partial charge in [0, 0.05) is 19.5 Å². The average molecular weight is 597 g/mol. The fourth-order valence-corrected chi connectivity index (χ4v) is 6.24. The van der Waals surface area contributed by atoms with Crippen LogP contribution in [0.25, 0.3) is 30.6 Å². The van der Waals surface area contributed by atoms with Crippen LogP contribution < -0.4 is 9.47 Å². The Morgan fingerprint density at radius 1 is 0.366 bits per heavy atom. The van der Waals surface area contributed by atoms with Crippen molar-refractivity contribution < 1.29 is 33.2 Å². The lowest BCUT2D eigenvalue weighted by Crippen LogP contribution is -2.15. The third-order valence-electron chi connectivity index (χ3n) is 6.17. The molecule has 0 N–H and O–H groups in total. The van der Waals surface area contributed by atoms with Gasteiger partial charge in [0.2, 0.25) is 0 Å². The molecule has 0 saturated heterocycles. The third kappa shape index (κ3) is 9.65. The summed E-state index contributed by atoms with van der Waals surface area (Å²) in [6.45, 7) is 6.16. The minimum atomic E-state index is 0.484. The van der Waals surface area contributed by atoms with Gasteiger partial charge >= 0.3 is 0 Å². The van der Waals surface area contributed by atoms with Gasteiger partial charge in [-0.25, -0.2) is 0 Å². The average Bonchev–Trinajstić information content (AvgIpc) is 3.69. The standard InChI is InChI=1S/C32H36O7S2/c1-3-25-23-27(5-1)38-21-19-36-17-15-34-13-11-33-12-14-35-16-18-37-20-22-39-28-6-2-4-26(24-28)30-8-10-32(41-30)31-9-7-29(25)40-31/h1-10,23-24H,11-22H2. The van der Waals surface area contributed by atoms with Crippen LogP contribution in [0.5, 0.6) is 11.5 Å². The Morgan fingerprint density at radius 2 is 0.707 bits per heavy atom. The van der Waals surface area contributed by atoms with Crippen molar-refractivity contribution in [1.82, 2.24) is 0 Å².